The topological polar surface area (TPSA) is 37.4 Å². The molecule has 3 nitrogen and oxygen atoms in total. The molecule has 0 saturated heterocycles. The van der Waals surface area contributed by atoms with Crippen molar-refractivity contribution in [1.29, 1.82) is 0 Å². The Hall–Kier alpha value is -1.60. The number of carbonyl (C=O) groups excluding carboxylic acids is 2. The predicted molar refractivity (Wildman–Crippen MR) is 59.7 cm³/mol. The summed E-state index contributed by atoms with van der Waals surface area (Å²) in [5, 5.41) is 0. The van der Waals surface area contributed by atoms with Crippen LogP contribution in [0.15, 0.2) is 22.7 Å². The van der Waals surface area contributed by atoms with Gasteiger partial charge in [0.2, 0.25) is 0 Å². The van der Waals surface area contributed by atoms with Crippen LogP contribution in [0.3, 0.4) is 0 Å². The van der Waals surface area contributed by atoms with Crippen LogP contribution in [0, 0.1) is 12.3 Å². The largest absolute Gasteiger partial charge is 0.300 e. The number of halogens is 1. The smallest absolute Gasteiger partial charge is 0.293 e. The second-order valence-electron chi connectivity index (χ2n) is 3.09. The summed E-state index contributed by atoms with van der Waals surface area (Å²) in [6, 6.07) is 5.11. The molecule has 1 aliphatic heterocycles. The van der Waals surface area contributed by atoms with Gasteiger partial charge in [0.05, 0.1) is 17.8 Å². The average Bonchev–Trinajstić information content (AvgIpc) is 2.44. The molecule has 0 aliphatic carbocycles. The maximum absolute atomic E-state index is 11.6. The minimum absolute atomic E-state index is 0.124. The van der Waals surface area contributed by atoms with E-state index in [-0.39, 0.29) is 6.54 Å². The van der Waals surface area contributed by atoms with E-state index < -0.39 is 11.7 Å². The number of hydrogen-bond acceptors (Lipinski definition) is 2. The van der Waals surface area contributed by atoms with Crippen molar-refractivity contribution in [3.05, 3.63) is 28.2 Å². The Morgan fingerprint density at radius 3 is 2.80 bits per heavy atom. The molecular formula is C11H6BrNO2. The lowest BCUT2D eigenvalue weighted by Crippen LogP contribution is -2.29. The molecule has 1 heterocycles. The van der Waals surface area contributed by atoms with Crippen molar-refractivity contribution in [2.45, 2.75) is 0 Å². The average molecular weight is 264 g/mol. The third-order valence-electron chi connectivity index (χ3n) is 2.18. The van der Waals surface area contributed by atoms with E-state index in [0.29, 0.717) is 11.3 Å². The first-order valence-corrected chi connectivity index (χ1v) is 5.03. The first-order valence-electron chi connectivity index (χ1n) is 4.24. The lowest BCUT2D eigenvalue weighted by molar-refractivity contribution is -0.114. The number of terminal acetylenes is 1. The van der Waals surface area contributed by atoms with Crippen LogP contribution in [0.1, 0.15) is 10.4 Å². The summed E-state index contributed by atoms with van der Waals surface area (Å²) < 4.78 is 0.768. The van der Waals surface area contributed by atoms with Gasteiger partial charge in [0.15, 0.2) is 0 Å². The lowest BCUT2D eigenvalue weighted by Gasteiger charge is -2.12. The molecule has 0 unspecified atom stereocenters. The molecule has 1 amide bonds. The number of hydrogen-bond donors (Lipinski definition) is 0. The number of benzene rings is 1. The Morgan fingerprint density at radius 1 is 1.40 bits per heavy atom. The van der Waals surface area contributed by atoms with Gasteiger partial charge in [-0.1, -0.05) is 21.9 Å². The Bertz CT molecular complexity index is 502. The number of rotatable bonds is 1. The normalized spacial score (nSPS) is 14.0. The Balaban J connectivity index is 2.56. The molecule has 0 fully saturated rings. The maximum atomic E-state index is 11.6. The summed E-state index contributed by atoms with van der Waals surface area (Å²) >= 11 is 3.25. The monoisotopic (exact) mass is 263 g/mol. The van der Waals surface area contributed by atoms with E-state index in [9.17, 15) is 9.59 Å². The summed E-state index contributed by atoms with van der Waals surface area (Å²) in [4.78, 5) is 24.4. The minimum atomic E-state index is -0.555. The molecule has 15 heavy (non-hydrogen) atoms. The Morgan fingerprint density at radius 2 is 2.13 bits per heavy atom. The van der Waals surface area contributed by atoms with Crippen molar-refractivity contribution in [2.24, 2.45) is 0 Å². The molecule has 4 heteroatoms. The Labute approximate surface area is 95.2 Å². The molecule has 0 bridgehead atoms. The van der Waals surface area contributed by atoms with Gasteiger partial charge in [0.1, 0.15) is 0 Å². The molecule has 1 aromatic rings. The van der Waals surface area contributed by atoms with Crippen LogP contribution in [-0.2, 0) is 4.79 Å². The molecule has 74 valence electrons. The zero-order valence-electron chi connectivity index (χ0n) is 7.66. The van der Waals surface area contributed by atoms with Crippen molar-refractivity contribution in [1.82, 2.24) is 0 Å². The van der Waals surface area contributed by atoms with Crippen LogP contribution < -0.4 is 4.90 Å². The standard InChI is InChI=1S/C11H6BrNO2/c1-2-5-13-9-4-3-7(12)6-8(9)10(14)11(13)15/h1,3-4,6H,5H2. The fraction of sp³-hybridized carbons (Fsp3) is 0.0909. The molecule has 1 aliphatic rings. The SMILES string of the molecule is C#CCN1C(=O)C(=O)c2cc(Br)ccc21. The highest BCUT2D eigenvalue weighted by Gasteiger charge is 2.35. The van der Waals surface area contributed by atoms with Crippen LogP contribution >= 0.6 is 15.9 Å². The third-order valence-corrected chi connectivity index (χ3v) is 2.68. The molecular weight excluding hydrogens is 258 g/mol. The van der Waals surface area contributed by atoms with Crippen LogP contribution in [0.5, 0.6) is 0 Å². The third kappa shape index (κ3) is 1.45. The van der Waals surface area contributed by atoms with Crippen molar-refractivity contribution in [3.63, 3.8) is 0 Å². The number of nitrogens with zero attached hydrogens (tertiary/aromatic N) is 1. The van der Waals surface area contributed by atoms with Gasteiger partial charge in [-0.2, -0.15) is 0 Å². The fourth-order valence-electron chi connectivity index (χ4n) is 1.52. The van der Waals surface area contributed by atoms with Gasteiger partial charge >= 0.3 is 0 Å². The highest BCUT2D eigenvalue weighted by Crippen LogP contribution is 2.30. The van der Waals surface area contributed by atoms with Crippen LogP contribution in [-0.4, -0.2) is 18.2 Å². The first kappa shape index (κ1) is 9.94. The number of Topliss-reactive ketones (excluding diaryl/α,β-unsaturated/α-hetero) is 1. The van der Waals surface area contributed by atoms with Gasteiger partial charge in [-0.25, -0.2) is 0 Å². The van der Waals surface area contributed by atoms with Gasteiger partial charge in [-0.15, -0.1) is 6.42 Å². The van der Waals surface area contributed by atoms with Crippen LogP contribution in [0.25, 0.3) is 0 Å². The molecule has 0 atom stereocenters. The van der Waals surface area contributed by atoms with Crippen molar-refractivity contribution < 1.29 is 9.59 Å². The van der Waals surface area contributed by atoms with Crippen LogP contribution in [0.2, 0.25) is 0 Å². The van der Waals surface area contributed by atoms with E-state index in [1.165, 1.54) is 4.90 Å². The van der Waals surface area contributed by atoms with Gasteiger partial charge in [-0.05, 0) is 18.2 Å². The van der Waals surface area contributed by atoms with Gasteiger partial charge in [-0.3, -0.25) is 14.5 Å². The minimum Gasteiger partial charge on any atom is -0.293 e. The fourth-order valence-corrected chi connectivity index (χ4v) is 1.88. The van der Waals surface area contributed by atoms with E-state index >= 15 is 0 Å². The zero-order valence-corrected chi connectivity index (χ0v) is 9.24. The summed E-state index contributed by atoms with van der Waals surface area (Å²) in [5.41, 5.74) is 0.996. The van der Waals surface area contributed by atoms with Crippen molar-refractivity contribution in [3.8, 4) is 12.3 Å². The Kier molecular flexibility index (Phi) is 2.33. The van der Waals surface area contributed by atoms with E-state index in [1.54, 1.807) is 18.2 Å². The maximum Gasteiger partial charge on any atom is 0.300 e. The van der Waals surface area contributed by atoms with E-state index in [2.05, 4.69) is 21.9 Å². The first-order chi connectivity index (χ1) is 7.15. The highest BCUT2D eigenvalue weighted by molar-refractivity contribution is 9.10. The van der Waals surface area contributed by atoms with Gasteiger partial charge in [0.25, 0.3) is 11.7 Å². The number of amides is 1. The van der Waals surface area contributed by atoms with Crippen molar-refractivity contribution in [2.75, 3.05) is 11.4 Å². The highest BCUT2D eigenvalue weighted by atomic mass is 79.9. The van der Waals surface area contributed by atoms with Gasteiger partial charge in [0, 0.05) is 4.47 Å². The van der Waals surface area contributed by atoms with Crippen molar-refractivity contribution >= 4 is 33.3 Å². The molecule has 2 rings (SSSR count). The van der Waals surface area contributed by atoms with E-state index in [1.807, 2.05) is 0 Å². The number of fused-ring (bicyclic) bond motifs is 1. The van der Waals surface area contributed by atoms with E-state index in [0.717, 1.165) is 4.47 Å². The molecule has 0 radical (unpaired) electrons. The van der Waals surface area contributed by atoms with Gasteiger partial charge < -0.3 is 0 Å². The molecule has 0 spiro atoms. The second-order valence-corrected chi connectivity index (χ2v) is 4.00. The number of carbonyl (C=O) groups is 2. The molecule has 0 saturated carbocycles. The number of ketones is 1. The predicted octanol–water partition coefficient (Wildman–Crippen LogP) is 1.61. The quantitative estimate of drug-likeness (QED) is 0.571. The van der Waals surface area contributed by atoms with E-state index in [4.69, 9.17) is 6.42 Å². The second kappa shape index (κ2) is 3.52. The zero-order chi connectivity index (χ0) is 11.0. The number of anilines is 1. The summed E-state index contributed by atoms with van der Waals surface area (Å²) in [5.74, 6) is 1.30. The summed E-state index contributed by atoms with van der Waals surface area (Å²) in [7, 11) is 0. The molecule has 1 aromatic carbocycles. The lowest BCUT2D eigenvalue weighted by atomic mass is 10.1. The molecule has 0 aromatic heterocycles. The molecule has 0 N–H and O–H groups in total. The summed E-state index contributed by atoms with van der Waals surface area (Å²) in [6.45, 7) is 0.124. The van der Waals surface area contributed by atoms with Crippen LogP contribution in [0.4, 0.5) is 5.69 Å². The summed E-state index contributed by atoms with van der Waals surface area (Å²) in [6.07, 6.45) is 5.14.